The summed E-state index contributed by atoms with van der Waals surface area (Å²) in [4.78, 5) is 12.2. The van der Waals surface area contributed by atoms with Gasteiger partial charge in [0.2, 0.25) is 0 Å². The summed E-state index contributed by atoms with van der Waals surface area (Å²) in [6.07, 6.45) is 0. The first-order chi connectivity index (χ1) is 10.2. The molecule has 0 N–H and O–H groups in total. The molecule has 0 atom stereocenters. The average Bonchev–Trinajstić information content (AvgIpc) is 2.85. The van der Waals surface area contributed by atoms with E-state index in [4.69, 9.17) is 14.2 Å². The van der Waals surface area contributed by atoms with Gasteiger partial charge in [0, 0.05) is 17.2 Å². The Morgan fingerprint density at radius 1 is 1.05 bits per heavy atom. The Hall–Kier alpha value is -2.75. The molecule has 0 spiro atoms. The van der Waals surface area contributed by atoms with Gasteiger partial charge in [0.25, 0.3) is 0 Å². The maximum atomic E-state index is 12.2. The van der Waals surface area contributed by atoms with E-state index in [1.165, 1.54) is 0 Å². The standard InChI is InChI=1S/C17H14O4/c1-19-12-8-9-13-14(10-12)21-17(18)15(13)16(20-2)11-6-4-3-5-7-11/h3-10H,1-2H3/b16-15-. The van der Waals surface area contributed by atoms with Crippen molar-refractivity contribution in [2.75, 3.05) is 14.2 Å². The summed E-state index contributed by atoms with van der Waals surface area (Å²) in [5.74, 6) is 1.21. The predicted octanol–water partition coefficient (Wildman–Crippen LogP) is 3.13. The quantitative estimate of drug-likeness (QED) is 0.375. The number of ether oxygens (including phenoxy) is 3. The van der Waals surface area contributed by atoms with Crippen LogP contribution in [0.15, 0.2) is 48.5 Å². The van der Waals surface area contributed by atoms with E-state index < -0.39 is 5.97 Å². The number of benzene rings is 2. The van der Waals surface area contributed by atoms with E-state index in [1.54, 1.807) is 32.4 Å². The minimum atomic E-state index is -0.418. The molecule has 2 aromatic carbocycles. The van der Waals surface area contributed by atoms with E-state index in [2.05, 4.69) is 0 Å². The molecule has 0 aliphatic carbocycles. The van der Waals surface area contributed by atoms with Crippen LogP contribution in [0.4, 0.5) is 0 Å². The maximum absolute atomic E-state index is 12.2. The van der Waals surface area contributed by atoms with Crippen molar-refractivity contribution < 1.29 is 19.0 Å². The molecule has 0 saturated carbocycles. The third kappa shape index (κ3) is 2.25. The molecule has 0 amide bonds. The second-order valence-corrected chi connectivity index (χ2v) is 4.53. The van der Waals surface area contributed by atoms with Crippen molar-refractivity contribution in [1.29, 1.82) is 0 Å². The lowest BCUT2D eigenvalue weighted by Gasteiger charge is -2.09. The zero-order valence-electron chi connectivity index (χ0n) is 11.8. The monoisotopic (exact) mass is 282 g/mol. The lowest BCUT2D eigenvalue weighted by Crippen LogP contribution is -2.04. The first kappa shape index (κ1) is 13.2. The van der Waals surface area contributed by atoms with E-state index in [0.29, 0.717) is 28.4 Å². The molecule has 0 radical (unpaired) electrons. The van der Waals surface area contributed by atoms with Crippen molar-refractivity contribution in [2.45, 2.75) is 0 Å². The number of carbonyl (C=O) groups is 1. The Labute approximate surface area is 122 Å². The predicted molar refractivity (Wildman–Crippen MR) is 78.9 cm³/mol. The highest BCUT2D eigenvalue weighted by Crippen LogP contribution is 2.40. The summed E-state index contributed by atoms with van der Waals surface area (Å²) in [5.41, 5.74) is 1.97. The molecular weight excluding hydrogens is 268 g/mol. The van der Waals surface area contributed by atoms with Crippen molar-refractivity contribution >= 4 is 17.3 Å². The van der Waals surface area contributed by atoms with E-state index >= 15 is 0 Å². The molecule has 1 heterocycles. The lowest BCUT2D eigenvalue weighted by atomic mass is 10.0. The zero-order valence-corrected chi connectivity index (χ0v) is 11.8. The maximum Gasteiger partial charge on any atom is 0.348 e. The summed E-state index contributed by atoms with van der Waals surface area (Å²) >= 11 is 0. The summed E-state index contributed by atoms with van der Waals surface area (Å²) in [5, 5.41) is 0. The fourth-order valence-electron chi connectivity index (χ4n) is 2.35. The average molecular weight is 282 g/mol. The van der Waals surface area contributed by atoms with E-state index in [9.17, 15) is 4.79 Å². The highest BCUT2D eigenvalue weighted by molar-refractivity contribution is 6.27. The Kier molecular flexibility index (Phi) is 3.36. The minimum Gasteiger partial charge on any atom is -0.497 e. The first-order valence-corrected chi connectivity index (χ1v) is 6.49. The molecule has 0 fully saturated rings. The molecule has 4 heteroatoms. The Balaban J connectivity index is 2.18. The fourth-order valence-corrected chi connectivity index (χ4v) is 2.35. The van der Waals surface area contributed by atoms with Gasteiger partial charge in [-0.15, -0.1) is 0 Å². The molecule has 21 heavy (non-hydrogen) atoms. The van der Waals surface area contributed by atoms with Crippen LogP contribution in [0.25, 0.3) is 11.3 Å². The van der Waals surface area contributed by atoms with Gasteiger partial charge in [-0.1, -0.05) is 30.3 Å². The molecule has 0 saturated heterocycles. The van der Waals surface area contributed by atoms with Gasteiger partial charge in [-0.25, -0.2) is 4.79 Å². The molecule has 0 bridgehead atoms. The van der Waals surface area contributed by atoms with Gasteiger partial charge in [-0.3, -0.25) is 0 Å². The molecule has 0 aromatic heterocycles. The van der Waals surface area contributed by atoms with Crippen LogP contribution in [-0.2, 0) is 9.53 Å². The highest BCUT2D eigenvalue weighted by Gasteiger charge is 2.31. The molecule has 2 aromatic rings. The van der Waals surface area contributed by atoms with Gasteiger partial charge >= 0.3 is 5.97 Å². The Bertz CT molecular complexity index is 717. The van der Waals surface area contributed by atoms with Gasteiger partial charge in [0.1, 0.15) is 22.8 Å². The van der Waals surface area contributed by atoms with Gasteiger partial charge in [-0.05, 0) is 12.1 Å². The molecule has 1 aliphatic rings. The number of carbonyl (C=O) groups excluding carboxylic acids is 1. The molecule has 3 rings (SSSR count). The van der Waals surface area contributed by atoms with Crippen LogP contribution in [0.2, 0.25) is 0 Å². The smallest absolute Gasteiger partial charge is 0.348 e. The van der Waals surface area contributed by atoms with Gasteiger partial charge < -0.3 is 14.2 Å². The van der Waals surface area contributed by atoms with Crippen LogP contribution in [0.5, 0.6) is 11.5 Å². The molecular formula is C17H14O4. The highest BCUT2D eigenvalue weighted by atomic mass is 16.5. The number of rotatable bonds is 3. The molecule has 4 nitrogen and oxygen atoms in total. The number of methoxy groups -OCH3 is 2. The largest absolute Gasteiger partial charge is 0.497 e. The fraction of sp³-hybridized carbons (Fsp3) is 0.118. The van der Waals surface area contributed by atoms with Crippen LogP contribution in [0.3, 0.4) is 0 Å². The topological polar surface area (TPSA) is 44.8 Å². The molecule has 106 valence electrons. The molecule has 0 unspecified atom stereocenters. The van der Waals surface area contributed by atoms with Crippen LogP contribution < -0.4 is 9.47 Å². The zero-order chi connectivity index (χ0) is 14.8. The summed E-state index contributed by atoms with van der Waals surface area (Å²) in [6, 6.07) is 14.8. The Morgan fingerprint density at radius 2 is 1.81 bits per heavy atom. The SMILES string of the molecule is CO/C(=C1\C(=O)Oc2cc(OC)ccc21)c1ccccc1. The van der Waals surface area contributed by atoms with Crippen molar-refractivity contribution in [2.24, 2.45) is 0 Å². The molecule has 1 aliphatic heterocycles. The number of esters is 1. The Morgan fingerprint density at radius 3 is 2.48 bits per heavy atom. The first-order valence-electron chi connectivity index (χ1n) is 6.49. The van der Waals surface area contributed by atoms with E-state index in [-0.39, 0.29) is 0 Å². The normalized spacial score (nSPS) is 15.2. The lowest BCUT2D eigenvalue weighted by molar-refractivity contribution is -0.127. The number of hydrogen-bond acceptors (Lipinski definition) is 4. The summed E-state index contributed by atoms with van der Waals surface area (Å²) in [7, 11) is 3.12. The van der Waals surface area contributed by atoms with E-state index in [0.717, 1.165) is 5.56 Å². The third-order valence-corrected chi connectivity index (χ3v) is 3.33. The van der Waals surface area contributed by atoms with Crippen LogP contribution in [-0.4, -0.2) is 20.2 Å². The second kappa shape index (κ2) is 5.32. The van der Waals surface area contributed by atoms with Crippen molar-refractivity contribution in [3.63, 3.8) is 0 Å². The number of hydrogen-bond donors (Lipinski definition) is 0. The van der Waals surface area contributed by atoms with Gasteiger partial charge in [-0.2, -0.15) is 0 Å². The van der Waals surface area contributed by atoms with Crippen molar-refractivity contribution in [3.05, 3.63) is 59.7 Å². The van der Waals surface area contributed by atoms with Crippen LogP contribution in [0.1, 0.15) is 11.1 Å². The van der Waals surface area contributed by atoms with Gasteiger partial charge in [0.05, 0.1) is 14.2 Å². The van der Waals surface area contributed by atoms with Crippen molar-refractivity contribution in [1.82, 2.24) is 0 Å². The number of fused-ring (bicyclic) bond motifs is 1. The third-order valence-electron chi connectivity index (χ3n) is 3.33. The van der Waals surface area contributed by atoms with Gasteiger partial charge in [0.15, 0.2) is 0 Å². The van der Waals surface area contributed by atoms with Crippen molar-refractivity contribution in [3.8, 4) is 11.5 Å². The van der Waals surface area contributed by atoms with Crippen LogP contribution in [0, 0.1) is 0 Å². The van der Waals surface area contributed by atoms with E-state index in [1.807, 2.05) is 30.3 Å². The minimum absolute atomic E-state index is 0.418. The summed E-state index contributed by atoms with van der Waals surface area (Å²) < 4.78 is 15.9. The summed E-state index contributed by atoms with van der Waals surface area (Å²) in [6.45, 7) is 0. The second-order valence-electron chi connectivity index (χ2n) is 4.53. The van der Waals surface area contributed by atoms with Crippen LogP contribution >= 0.6 is 0 Å².